The molecule has 0 saturated heterocycles. The Bertz CT molecular complexity index is 951. The number of carbonyl (C=O) groups excluding carboxylic acids is 1. The predicted octanol–water partition coefficient (Wildman–Crippen LogP) is 3.45. The fourth-order valence-electron chi connectivity index (χ4n) is 2.80. The van der Waals surface area contributed by atoms with E-state index in [9.17, 15) is 14.9 Å². The highest BCUT2D eigenvalue weighted by Gasteiger charge is 2.11. The highest BCUT2D eigenvalue weighted by atomic mass is 16.6. The van der Waals surface area contributed by atoms with Gasteiger partial charge in [-0.1, -0.05) is 24.3 Å². The normalized spacial score (nSPS) is 10.6. The van der Waals surface area contributed by atoms with Gasteiger partial charge in [0.2, 0.25) is 0 Å². The van der Waals surface area contributed by atoms with Crippen molar-refractivity contribution in [2.24, 2.45) is 0 Å². The van der Waals surface area contributed by atoms with E-state index >= 15 is 0 Å². The van der Waals surface area contributed by atoms with Crippen molar-refractivity contribution in [2.45, 2.75) is 19.8 Å². The second-order valence-electron chi connectivity index (χ2n) is 6.19. The molecule has 7 heteroatoms. The Morgan fingerprint density at radius 3 is 2.70 bits per heavy atom. The minimum Gasteiger partial charge on any atom is -0.352 e. The number of nitro groups is 1. The molecule has 2 aromatic carbocycles. The SMILES string of the molecule is Cc1nn(-c2ccccc2)cc1CCCNC(=O)c1cccc([N+](=O)[O-])c1. The van der Waals surface area contributed by atoms with E-state index in [-0.39, 0.29) is 17.2 Å². The van der Waals surface area contributed by atoms with Crippen molar-refractivity contribution in [1.82, 2.24) is 15.1 Å². The van der Waals surface area contributed by atoms with Gasteiger partial charge in [0, 0.05) is 30.4 Å². The molecule has 138 valence electrons. The lowest BCUT2D eigenvalue weighted by Crippen LogP contribution is -2.24. The Balaban J connectivity index is 1.53. The number of para-hydroxylation sites is 1. The van der Waals surface area contributed by atoms with Crippen molar-refractivity contribution in [3.63, 3.8) is 0 Å². The second kappa shape index (κ2) is 8.27. The molecule has 0 aliphatic heterocycles. The quantitative estimate of drug-likeness (QED) is 0.395. The average molecular weight is 364 g/mol. The molecule has 0 aliphatic rings. The van der Waals surface area contributed by atoms with Crippen LogP contribution in [0.25, 0.3) is 5.69 Å². The molecule has 0 fully saturated rings. The van der Waals surface area contributed by atoms with Crippen molar-refractivity contribution in [2.75, 3.05) is 6.54 Å². The standard InChI is InChI=1S/C20H20N4O3/c1-15-17(14-23(22-15)18-9-3-2-4-10-18)8-6-12-21-20(25)16-7-5-11-19(13-16)24(26)27/h2-5,7,9-11,13-14H,6,8,12H2,1H3,(H,21,25). The van der Waals surface area contributed by atoms with E-state index in [1.165, 1.54) is 18.2 Å². The first-order valence-electron chi connectivity index (χ1n) is 8.68. The molecule has 0 radical (unpaired) electrons. The molecule has 1 aromatic heterocycles. The summed E-state index contributed by atoms with van der Waals surface area (Å²) in [5, 5.41) is 18.1. The predicted molar refractivity (Wildman–Crippen MR) is 102 cm³/mol. The van der Waals surface area contributed by atoms with Crippen molar-refractivity contribution in [1.29, 1.82) is 0 Å². The van der Waals surface area contributed by atoms with Gasteiger partial charge in [-0.25, -0.2) is 4.68 Å². The number of aromatic nitrogens is 2. The van der Waals surface area contributed by atoms with Gasteiger partial charge in [-0.05, 0) is 43.5 Å². The third-order valence-electron chi connectivity index (χ3n) is 4.25. The summed E-state index contributed by atoms with van der Waals surface area (Å²) in [6.45, 7) is 2.45. The van der Waals surface area contributed by atoms with Crippen LogP contribution in [0.2, 0.25) is 0 Å². The summed E-state index contributed by atoms with van der Waals surface area (Å²) in [7, 11) is 0. The molecule has 27 heavy (non-hydrogen) atoms. The van der Waals surface area contributed by atoms with Gasteiger partial charge < -0.3 is 5.32 Å². The van der Waals surface area contributed by atoms with Crippen molar-refractivity contribution in [3.8, 4) is 5.69 Å². The molecular weight excluding hydrogens is 344 g/mol. The molecule has 0 saturated carbocycles. The number of nitrogens with zero attached hydrogens (tertiary/aromatic N) is 3. The Labute approximate surface area is 156 Å². The summed E-state index contributed by atoms with van der Waals surface area (Å²) in [6, 6.07) is 15.6. The van der Waals surface area contributed by atoms with Gasteiger partial charge in [0.05, 0.1) is 16.3 Å². The topological polar surface area (TPSA) is 90.1 Å². The highest BCUT2D eigenvalue weighted by molar-refractivity contribution is 5.94. The first kappa shape index (κ1) is 18.3. The summed E-state index contributed by atoms with van der Waals surface area (Å²) in [4.78, 5) is 22.4. The number of nitrogens with one attached hydrogen (secondary N) is 1. The zero-order valence-electron chi connectivity index (χ0n) is 15.0. The first-order chi connectivity index (χ1) is 13.0. The monoisotopic (exact) mass is 364 g/mol. The smallest absolute Gasteiger partial charge is 0.270 e. The van der Waals surface area contributed by atoms with Crippen LogP contribution in [0.4, 0.5) is 5.69 Å². The third-order valence-corrected chi connectivity index (χ3v) is 4.25. The Morgan fingerprint density at radius 2 is 1.96 bits per heavy atom. The van der Waals surface area contributed by atoms with Gasteiger partial charge >= 0.3 is 0 Å². The lowest BCUT2D eigenvalue weighted by atomic mass is 10.1. The van der Waals surface area contributed by atoms with Crippen LogP contribution >= 0.6 is 0 Å². The van der Waals surface area contributed by atoms with Crippen molar-refractivity contribution >= 4 is 11.6 Å². The molecule has 1 heterocycles. The number of nitro benzene ring substituents is 1. The number of hydrogen-bond donors (Lipinski definition) is 1. The number of aryl methyl sites for hydroxylation is 2. The van der Waals surface area contributed by atoms with Crippen molar-refractivity contribution in [3.05, 3.63) is 87.7 Å². The van der Waals surface area contributed by atoms with Crippen LogP contribution < -0.4 is 5.32 Å². The number of carbonyl (C=O) groups is 1. The van der Waals surface area contributed by atoms with Gasteiger partial charge in [0.1, 0.15) is 0 Å². The van der Waals surface area contributed by atoms with Crippen molar-refractivity contribution < 1.29 is 9.72 Å². The van der Waals surface area contributed by atoms with Gasteiger partial charge in [0.25, 0.3) is 11.6 Å². The average Bonchev–Trinajstić information content (AvgIpc) is 3.06. The molecule has 0 atom stereocenters. The summed E-state index contributed by atoms with van der Waals surface area (Å²) in [5.74, 6) is -0.310. The van der Waals surface area contributed by atoms with Crippen LogP contribution in [0, 0.1) is 17.0 Å². The summed E-state index contributed by atoms with van der Waals surface area (Å²) >= 11 is 0. The molecule has 3 aromatic rings. The number of benzene rings is 2. The number of amides is 1. The maximum atomic E-state index is 12.1. The van der Waals surface area contributed by atoms with E-state index < -0.39 is 4.92 Å². The van der Waals surface area contributed by atoms with E-state index in [2.05, 4.69) is 10.4 Å². The largest absolute Gasteiger partial charge is 0.352 e. The summed E-state index contributed by atoms with van der Waals surface area (Å²) in [5.41, 5.74) is 3.29. The summed E-state index contributed by atoms with van der Waals surface area (Å²) < 4.78 is 1.85. The third kappa shape index (κ3) is 4.58. The molecular formula is C20H20N4O3. The number of hydrogen-bond acceptors (Lipinski definition) is 4. The van der Waals surface area contributed by atoms with Crippen LogP contribution in [-0.2, 0) is 6.42 Å². The molecule has 0 spiro atoms. The van der Waals surface area contributed by atoms with Crippen LogP contribution in [0.1, 0.15) is 28.0 Å². The lowest BCUT2D eigenvalue weighted by molar-refractivity contribution is -0.384. The van der Waals surface area contributed by atoms with Crippen LogP contribution in [0.15, 0.2) is 60.8 Å². The van der Waals surface area contributed by atoms with Crippen LogP contribution in [0.3, 0.4) is 0 Å². The van der Waals surface area contributed by atoms with Crippen LogP contribution in [0.5, 0.6) is 0 Å². The molecule has 1 amide bonds. The summed E-state index contributed by atoms with van der Waals surface area (Å²) in [6.07, 6.45) is 3.54. The number of rotatable bonds is 7. The first-order valence-corrected chi connectivity index (χ1v) is 8.68. The van der Waals surface area contributed by atoms with E-state index in [1.54, 1.807) is 6.07 Å². The van der Waals surface area contributed by atoms with E-state index in [1.807, 2.05) is 48.1 Å². The van der Waals surface area contributed by atoms with Gasteiger partial charge in [-0.2, -0.15) is 5.10 Å². The zero-order valence-corrected chi connectivity index (χ0v) is 15.0. The lowest BCUT2D eigenvalue weighted by Gasteiger charge is -2.05. The Kier molecular flexibility index (Phi) is 5.61. The fourth-order valence-corrected chi connectivity index (χ4v) is 2.80. The molecule has 7 nitrogen and oxygen atoms in total. The van der Waals surface area contributed by atoms with Gasteiger partial charge in [-0.3, -0.25) is 14.9 Å². The van der Waals surface area contributed by atoms with Gasteiger partial charge in [-0.15, -0.1) is 0 Å². The Morgan fingerprint density at radius 1 is 1.19 bits per heavy atom. The number of non-ortho nitro benzene ring substituents is 1. The molecule has 0 aliphatic carbocycles. The fraction of sp³-hybridized carbons (Fsp3) is 0.200. The molecule has 0 bridgehead atoms. The highest BCUT2D eigenvalue weighted by Crippen LogP contribution is 2.14. The molecule has 0 unspecified atom stereocenters. The zero-order chi connectivity index (χ0) is 19.2. The maximum absolute atomic E-state index is 12.1. The van der Waals surface area contributed by atoms with Crippen LogP contribution in [-0.4, -0.2) is 27.2 Å². The second-order valence-corrected chi connectivity index (χ2v) is 6.19. The molecule has 1 N–H and O–H groups in total. The van der Waals surface area contributed by atoms with Gasteiger partial charge in [0.15, 0.2) is 0 Å². The molecule has 3 rings (SSSR count). The minimum absolute atomic E-state index is 0.0911. The van der Waals surface area contributed by atoms with E-state index in [0.29, 0.717) is 6.54 Å². The minimum atomic E-state index is -0.510. The van der Waals surface area contributed by atoms with E-state index in [0.717, 1.165) is 29.8 Å². The van der Waals surface area contributed by atoms with E-state index in [4.69, 9.17) is 0 Å². The Hall–Kier alpha value is -3.48. The maximum Gasteiger partial charge on any atom is 0.270 e.